The Balaban J connectivity index is 2.87. The van der Waals surface area contributed by atoms with Crippen LogP contribution in [-0.2, 0) is 10.0 Å². The minimum atomic E-state index is -3.83. The first kappa shape index (κ1) is 10.8. The smallest absolute Gasteiger partial charge is 0.346 e. The zero-order chi connectivity index (χ0) is 11.9. The topological polar surface area (TPSA) is 103 Å². The fraction of sp³-hybridized carbons (Fsp3) is 0.111. The van der Waals surface area contributed by atoms with Crippen molar-refractivity contribution in [3.05, 3.63) is 34.5 Å². The summed E-state index contributed by atoms with van der Waals surface area (Å²) in [5.74, 6) is 0.223. The van der Waals surface area contributed by atoms with Gasteiger partial charge in [0.2, 0.25) is 10.0 Å². The van der Waals surface area contributed by atoms with Gasteiger partial charge >= 0.3 is 5.63 Å². The predicted octanol–water partition coefficient (Wildman–Crippen LogP) is 0.144. The number of hydrogen-bond donors (Lipinski definition) is 1. The van der Waals surface area contributed by atoms with Crippen LogP contribution >= 0.6 is 0 Å². The largest absolute Gasteiger partial charge is 0.408 e. The fourth-order valence-electron chi connectivity index (χ4n) is 1.33. The summed E-state index contributed by atoms with van der Waals surface area (Å²) in [6.07, 6.45) is 0. The zero-order valence-corrected chi connectivity index (χ0v) is 9.11. The lowest BCUT2D eigenvalue weighted by Gasteiger charge is -2.00. The van der Waals surface area contributed by atoms with E-state index in [0.717, 1.165) is 6.07 Å². The van der Waals surface area contributed by atoms with E-state index < -0.39 is 15.6 Å². The van der Waals surface area contributed by atoms with E-state index in [9.17, 15) is 13.2 Å². The van der Waals surface area contributed by atoms with Crippen molar-refractivity contribution in [1.82, 2.24) is 4.98 Å². The number of aryl methyl sites for hydroxylation is 1. The third-order valence-electron chi connectivity index (χ3n) is 2.03. The van der Waals surface area contributed by atoms with Gasteiger partial charge in [0, 0.05) is 6.92 Å². The minimum absolute atomic E-state index is 0.0946. The summed E-state index contributed by atoms with van der Waals surface area (Å²) >= 11 is 0. The number of hydrogen-bond acceptors (Lipinski definition) is 5. The van der Waals surface area contributed by atoms with Crippen LogP contribution in [0.5, 0.6) is 0 Å². The normalized spacial score (nSPS) is 11.9. The molecule has 0 fully saturated rings. The van der Waals surface area contributed by atoms with Crippen LogP contribution in [-0.4, -0.2) is 13.4 Å². The molecule has 0 aliphatic heterocycles. The summed E-state index contributed by atoms with van der Waals surface area (Å²) in [4.78, 5) is 15.3. The number of nitrogens with two attached hydrogens (primary N) is 1. The van der Waals surface area contributed by atoms with Gasteiger partial charge in [0.25, 0.3) is 0 Å². The second-order valence-corrected chi connectivity index (χ2v) is 4.81. The Hall–Kier alpha value is -1.73. The van der Waals surface area contributed by atoms with E-state index in [0.29, 0.717) is 5.52 Å². The number of primary sulfonamides is 1. The molecule has 0 unspecified atom stereocenters. The molecule has 2 rings (SSSR count). The summed E-state index contributed by atoms with van der Waals surface area (Å²) in [7, 11) is -3.83. The van der Waals surface area contributed by atoms with Crippen LogP contribution in [0.25, 0.3) is 10.9 Å². The van der Waals surface area contributed by atoms with E-state index in [2.05, 4.69) is 4.98 Å². The van der Waals surface area contributed by atoms with Gasteiger partial charge in [-0.1, -0.05) is 0 Å². The highest BCUT2D eigenvalue weighted by atomic mass is 32.2. The molecule has 0 amide bonds. The summed E-state index contributed by atoms with van der Waals surface area (Å²) in [5.41, 5.74) is -0.255. The molecule has 0 radical (unpaired) electrons. The Bertz CT molecular complexity index is 718. The van der Waals surface area contributed by atoms with Crippen molar-refractivity contribution < 1.29 is 12.8 Å². The van der Waals surface area contributed by atoms with Gasteiger partial charge in [-0.05, 0) is 18.2 Å². The van der Waals surface area contributed by atoms with Crippen molar-refractivity contribution in [2.24, 2.45) is 5.14 Å². The monoisotopic (exact) mass is 240 g/mol. The first-order valence-corrected chi connectivity index (χ1v) is 5.87. The first-order valence-electron chi connectivity index (χ1n) is 4.32. The summed E-state index contributed by atoms with van der Waals surface area (Å²) in [6, 6.07) is 3.87. The molecule has 0 aliphatic carbocycles. The quantitative estimate of drug-likeness (QED) is 0.763. The predicted molar refractivity (Wildman–Crippen MR) is 56.4 cm³/mol. The molecule has 0 spiro atoms. The third kappa shape index (κ3) is 1.82. The van der Waals surface area contributed by atoms with Crippen molar-refractivity contribution in [3.8, 4) is 0 Å². The summed E-state index contributed by atoms with van der Waals surface area (Å²) < 4.78 is 26.9. The lowest BCUT2D eigenvalue weighted by atomic mass is 10.2. The molecule has 2 aromatic rings. The Morgan fingerprint density at radius 1 is 1.38 bits per heavy atom. The second-order valence-electron chi connectivity index (χ2n) is 3.24. The highest BCUT2D eigenvalue weighted by molar-refractivity contribution is 7.89. The van der Waals surface area contributed by atoms with Gasteiger partial charge in [0.15, 0.2) is 5.89 Å². The first-order chi connectivity index (χ1) is 7.38. The molecule has 1 heterocycles. The van der Waals surface area contributed by atoms with E-state index in [1.165, 1.54) is 19.1 Å². The maximum Gasteiger partial charge on any atom is 0.346 e. The molecule has 0 saturated heterocycles. The molecule has 0 bridgehead atoms. The third-order valence-corrected chi connectivity index (χ3v) is 2.95. The Labute approximate surface area is 90.8 Å². The number of benzene rings is 1. The van der Waals surface area contributed by atoms with Crippen LogP contribution < -0.4 is 10.8 Å². The number of rotatable bonds is 1. The van der Waals surface area contributed by atoms with Crippen LogP contribution in [0.3, 0.4) is 0 Å². The average molecular weight is 240 g/mol. The molecular formula is C9H8N2O4S. The fourth-order valence-corrected chi connectivity index (χ4v) is 1.87. The Morgan fingerprint density at radius 2 is 2.06 bits per heavy atom. The highest BCUT2D eigenvalue weighted by Crippen LogP contribution is 2.13. The molecule has 0 saturated carbocycles. The molecule has 1 aromatic carbocycles. The van der Waals surface area contributed by atoms with Crippen LogP contribution in [0.1, 0.15) is 5.89 Å². The summed E-state index contributed by atoms with van der Waals surface area (Å²) in [5, 5.41) is 5.04. The number of sulfonamides is 1. The van der Waals surface area contributed by atoms with Crippen molar-refractivity contribution in [2.45, 2.75) is 11.8 Å². The van der Waals surface area contributed by atoms with E-state index >= 15 is 0 Å². The minimum Gasteiger partial charge on any atom is -0.408 e. The van der Waals surface area contributed by atoms with Crippen LogP contribution in [0.15, 0.2) is 32.3 Å². The van der Waals surface area contributed by atoms with Gasteiger partial charge in [-0.15, -0.1) is 0 Å². The molecule has 6 nitrogen and oxygen atoms in total. The van der Waals surface area contributed by atoms with Gasteiger partial charge in [-0.25, -0.2) is 23.3 Å². The second kappa shape index (κ2) is 3.39. The lowest BCUT2D eigenvalue weighted by molar-refractivity contribution is 0.467. The van der Waals surface area contributed by atoms with Gasteiger partial charge in [-0.3, -0.25) is 0 Å². The van der Waals surface area contributed by atoms with Gasteiger partial charge in [-0.2, -0.15) is 0 Å². The molecule has 7 heteroatoms. The number of aromatic nitrogens is 1. The maximum absolute atomic E-state index is 11.4. The lowest BCUT2D eigenvalue weighted by Crippen LogP contribution is -2.13. The Kier molecular flexibility index (Phi) is 2.28. The average Bonchev–Trinajstić information content (AvgIpc) is 2.15. The van der Waals surface area contributed by atoms with E-state index in [1.54, 1.807) is 0 Å². The van der Waals surface area contributed by atoms with Crippen molar-refractivity contribution in [2.75, 3.05) is 0 Å². The molecule has 16 heavy (non-hydrogen) atoms. The molecule has 0 aliphatic rings. The van der Waals surface area contributed by atoms with Crippen molar-refractivity contribution in [1.29, 1.82) is 0 Å². The molecule has 1 aromatic heterocycles. The maximum atomic E-state index is 11.4. The number of fused-ring (bicyclic) bond motifs is 1. The highest BCUT2D eigenvalue weighted by Gasteiger charge is 2.11. The van der Waals surface area contributed by atoms with Crippen molar-refractivity contribution in [3.63, 3.8) is 0 Å². The molecule has 84 valence electrons. The van der Waals surface area contributed by atoms with Gasteiger partial charge in [0.05, 0.1) is 15.8 Å². The van der Waals surface area contributed by atoms with E-state index in [1.807, 2.05) is 0 Å². The van der Waals surface area contributed by atoms with E-state index in [4.69, 9.17) is 9.56 Å². The molecule has 0 atom stereocenters. The summed E-state index contributed by atoms with van der Waals surface area (Å²) in [6.45, 7) is 1.54. The molecule has 2 N–H and O–H groups in total. The van der Waals surface area contributed by atoms with Gasteiger partial charge < -0.3 is 4.42 Å². The number of nitrogens with zero attached hydrogens (tertiary/aromatic N) is 1. The van der Waals surface area contributed by atoms with Crippen LogP contribution in [0.4, 0.5) is 0 Å². The van der Waals surface area contributed by atoms with Crippen LogP contribution in [0, 0.1) is 6.92 Å². The molecular weight excluding hydrogens is 232 g/mol. The Morgan fingerprint density at radius 3 is 2.69 bits per heavy atom. The van der Waals surface area contributed by atoms with Crippen molar-refractivity contribution >= 4 is 20.9 Å². The standard InChI is InChI=1S/C9H8N2O4S/c1-5-11-8-3-2-6(16(10,13)14)4-7(8)9(12)15-5/h2-4H,1H3,(H2,10,13,14). The zero-order valence-electron chi connectivity index (χ0n) is 8.30. The van der Waals surface area contributed by atoms with E-state index in [-0.39, 0.29) is 16.2 Å². The SMILES string of the molecule is Cc1nc2ccc(S(N)(=O)=O)cc2c(=O)o1. The van der Waals surface area contributed by atoms with Gasteiger partial charge in [0.1, 0.15) is 0 Å². The van der Waals surface area contributed by atoms with Crippen LogP contribution in [0.2, 0.25) is 0 Å².